The molecule has 0 atom stereocenters. The van der Waals surface area contributed by atoms with Gasteiger partial charge in [-0.1, -0.05) is 30.4 Å². The predicted octanol–water partition coefficient (Wildman–Crippen LogP) is 4.80. The molecule has 0 amide bonds. The van der Waals surface area contributed by atoms with Crippen molar-refractivity contribution in [3.63, 3.8) is 0 Å². The van der Waals surface area contributed by atoms with Crippen LogP contribution in [0.1, 0.15) is 18.2 Å². The number of benzene rings is 2. The van der Waals surface area contributed by atoms with Crippen molar-refractivity contribution in [1.29, 1.82) is 0 Å². The molecular formula is C20H18N2O3. The first-order valence-electron chi connectivity index (χ1n) is 8.09. The zero-order valence-corrected chi connectivity index (χ0v) is 13.9. The number of nitrogens with zero attached hydrogens (tertiary/aromatic N) is 2. The van der Waals surface area contributed by atoms with Gasteiger partial charge in [0, 0.05) is 29.6 Å². The maximum absolute atomic E-state index is 10.8. The second kappa shape index (κ2) is 7.57. The minimum absolute atomic E-state index is 0.0936. The summed E-state index contributed by atoms with van der Waals surface area (Å²) in [5, 5.41) is 11.8. The van der Waals surface area contributed by atoms with E-state index in [4.69, 9.17) is 4.74 Å². The van der Waals surface area contributed by atoms with Gasteiger partial charge in [0.05, 0.1) is 17.0 Å². The fraction of sp³-hybridized carbons (Fsp3) is 0.150. The number of aromatic nitrogens is 1. The van der Waals surface area contributed by atoms with Gasteiger partial charge in [0.2, 0.25) is 0 Å². The molecule has 25 heavy (non-hydrogen) atoms. The average Bonchev–Trinajstić information content (AvgIpc) is 2.62. The fourth-order valence-corrected chi connectivity index (χ4v) is 2.57. The molecule has 0 aliphatic rings. The maximum atomic E-state index is 10.8. The highest BCUT2D eigenvalue weighted by Crippen LogP contribution is 2.20. The number of nitro benzene ring substituents is 1. The standard InChI is InChI=1S/C20H18N2O3/c1-2-25-19-11-12-20-16(14-19)9-10-17(21-20)7-3-5-15-6-4-8-18(13-15)22(23)24/h3-6,8-14H,2,7H2,1H3/b5-3+. The van der Waals surface area contributed by atoms with E-state index in [2.05, 4.69) is 4.98 Å². The van der Waals surface area contributed by atoms with E-state index >= 15 is 0 Å². The zero-order valence-electron chi connectivity index (χ0n) is 13.9. The van der Waals surface area contributed by atoms with Gasteiger partial charge in [0.25, 0.3) is 5.69 Å². The first-order valence-corrected chi connectivity index (χ1v) is 8.09. The lowest BCUT2D eigenvalue weighted by molar-refractivity contribution is -0.384. The SMILES string of the molecule is CCOc1ccc2nc(C/C=C/c3cccc([N+](=O)[O-])c3)ccc2c1. The average molecular weight is 334 g/mol. The number of hydrogen-bond donors (Lipinski definition) is 0. The van der Waals surface area contributed by atoms with Crippen molar-refractivity contribution < 1.29 is 9.66 Å². The van der Waals surface area contributed by atoms with E-state index in [1.807, 2.05) is 55.5 Å². The third-order valence-electron chi connectivity index (χ3n) is 3.75. The van der Waals surface area contributed by atoms with Crippen LogP contribution >= 0.6 is 0 Å². The quantitative estimate of drug-likeness (QED) is 0.480. The van der Waals surface area contributed by atoms with Crippen LogP contribution in [0.2, 0.25) is 0 Å². The van der Waals surface area contributed by atoms with Crippen LogP contribution in [-0.2, 0) is 6.42 Å². The predicted molar refractivity (Wildman–Crippen MR) is 98.7 cm³/mol. The minimum Gasteiger partial charge on any atom is -0.494 e. The molecule has 1 aromatic heterocycles. The normalized spacial score (nSPS) is 11.1. The number of fused-ring (bicyclic) bond motifs is 1. The maximum Gasteiger partial charge on any atom is 0.270 e. The van der Waals surface area contributed by atoms with Gasteiger partial charge in [0.1, 0.15) is 5.75 Å². The Hall–Kier alpha value is -3.21. The van der Waals surface area contributed by atoms with Crippen LogP contribution in [0.25, 0.3) is 17.0 Å². The molecule has 0 saturated carbocycles. The highest BCUT2D eigenvalue weighted by molar-refractivity contribution is 5.80. The summed E-state index contributed by atoms with van der Waals surface area (Å²) in [6, 6.07) is 16.4. The molecule has 0 radical (unpaired) electrons. The van der Waals surface area contributed by atoms with Gasteiger partial charge >= 0.3 is 0 Å². The molecule has 0 unspecified atom stereocenters. The molecule has 0 spiro atoms. The van der Waals surface area contributed by atoms with E-state index in [1.165, 1.54) is 6.07 Å². The van der Waals surface area contributed by atoms with Crippen molar-refractivity contribution in [2.45, 2.75) is 13.3 Å². The van der Waals surface area contributed by atoms with Crippen molar-refractivity contribution in [2.24, 2.45) is 0 Å². The Balaban J connectivity index is 1.73. The van der Waals surface area contributed by atoms with Gasteiger partial charge < -0.3 is 4.74 Å². The zero-order chi connectivity index (χ0) is 17.6. The lowest BCUT2D eigenvalue weighted by atomic mass is 10.1. The molecular weight excluding hydrogens is 316 g/mol. The van der Waals surface area contributed by atoms with Gasteiger partial charge in [-0.15, -0.1) is 0 Å². The second-order valence-electron chi connectivity index (χ2n) is 5.55. The van der Waals surface area contributed by atoms with Gasteiger partial charge in [-0.2, -0.15) is 0 Å². The third kappa shape index (κ3) is 4.20. The fourth-order valence-electron chi connectivity index (χ4n) is 2.57. The summed E-state index contributed by atoms with van der Waals surface area (Å²) in [6.45, 7) is 2.60. The number of allylic oxidation sites excluding steroid dienone is 1. The Morgan fingerprint density at radius 2 is 2.04 bits per heavy atom. The minimum atomic E-state index is -0.390. The van der Waals surface area contributed by atoms with Crippen molar-refractivity contribution in [2.75, 3.05) is 6.61 Å². The van der Waals surface area contributed by atoms with Crippen molar-refractivity contribution in [3.8, 4) is 5.75 Å². The Labute approximate surface area is 145 Å². The number of ether oxygens (including phenoxy) is 1. The summed E-state index contributed by atoms with van der Waals surface area (Å²) in [5.41, 5.74) is 2.76. The number of nitro groups is 1. The molecule has 3 aromatic rings. The number of non-ortho nitro benzene ring substituents is 1. The molecule has 0 saturated heterocycles. The Morgan fingerprint density at radius 1 is 1.16 bits per heavy atom. The highest BCUT2D eigenvalue weighted by Gasteiger charge is 2.04. The molecule has 5 heteroatoms. The van der Waals surface area contributed by atoms with Crippen molar-refractivity contribution >= 4 is 22.7 Å². The smallest absolute Gasteiger partial charge is 0.270 e. The Morgan fingerprint density at radius 3 is 2.84 bits per heavy atom. The summed E-state index contributed by atoms with van der Waals surface area (Å²) in [6.07, 6.45) is 4.49. The molecule has 2 aromatic carbocycles. The van der Waals surface area contributed by atoms with E-state index in [1.54, 1.807) is 12.1 Å². The molecule has 0 aliphatic heterocycles. The lowest BCUT2D eigenvalue weighted by Gasteiger charge is -2.05. The molecule has 126 valence electrons. The van der Waals surface area contributed by atoms with Crippen LogP contribution < -0.4 is 4.74 Å². The van der Waals surface area contributed by atoms with Gasteiger partial charge in [-0.05, 0) is 36.8 Å². The highest BCUT2D eigenvalue weighted by atomic mass is 16.6. The van der Waals surface area contributed by atoms with Crippen LogP contribution in [0.15, 0.2) is 60.7 Å². The molecule has 5 nitrogen and oxygen atoms in total. The van der Waals surface area contributed by atoms with Crippen molar-refractivity contribution in [3.05, 3.63) is 82.0 Å². The summed E-state index contributed by atoms with van der Waals surface area (Å²) in [5.74, 6) is 0.843. The molecule has 0 bridgehead atoms. The van der Waals surface area contributed by atoms with Gasteiger partial charge in [-0.3, -0.25) is 15.1 Å². The van der Waals surface area contributed by atoms with Gasteiger partial charge in [0.15, 0.2) is 0 Å². The van der Waals surface area contributed by atoms with Gasteiger partial charge in [-0.25, -0.2) is 0 Å². The van der Waals surface area contributed by atoms with E-state index in [0.29, 0.717) is 13.0 Å². The van der Waals surface area contributed by atoms with E-state index in [0.717, 1.165) is 27.9 Å². The molecule has 3 rings (SSSR count). The molecule has 0 fully saturated rings. The Bertz CT molecular complexity index is 935. The first kappa shape index (κ1) is 16.6. The van der Waals surface area contributed by atoms with E-state index in [9.17, 15) is 10.1 Å². The van der Waals surface area contributed by atoms with Crippen LogP contribution in [0.5, 0.6) is 5.75 Å². The second-order valence-corrected chi connectivity index (χ2v) is 5.55. The molecule has 0 N–H and O–H groups in total. The van der Waals surface area contributed by atoms with Crippen LogP contribution in [0, 0.1) is 10.1 Å². The molecule has 1 heterocycles. The summed E-state index contributed by atoms with van der Waals surface area (Å²) < 4.78 is 5.50. The first-order chi connectivity index (χ1) is 12.2. The molecule has 0 aliphatic carbocycles. The number of pyridine rings is 1. The summed E-state index contributed by atoms with van der Waals surface area (Å²) in [4.78, 5) is 15.0. The Kier molecular flexibility index (Phi) is 5.04. The monoisotopic (exact) mass is 334 g/mol. The largest absolute Gasteiger partial charge is 0.494 e. The topological polar surface area (TPSA) is 65.3 Å². The third-order valence-corrected chi connectivity index (χ3v) is 3.75. The number of rotatable bonds is 6. The summed E-state index contributed by atoms with van der Waals surface area (Å²) >= 11 is 0. The lowest BCUT2D eigenvalue weighted by Crippen LogP contribution is -1.92. The number of hydrogen-bond acceptors (Lipinski definition) is 4. The van der Waals surface area contributed by atoms with Crippen molar-refractivity contribution in [1.82, 2.24) is 4.98 Å². The van der Waals surface area contributed by atoms with Crippen LogP contribution in [-0.4, -0.2) is 16.5 Å². The van der Waals surface area contributed by atoms with E-state index in [-0.39, 0.29) is 5.69 Å². The van der Waals surface area contributed by atoms with Crippen LogP contribution in [0.4, 0.5) is 5.69 Å². The van der Waals surface area contributed by atoms with Crippen LogP contribution in [0.3, 0.4) is 0 Å². The van der Waals surface area contributed by atoms with E-state index < -0.39 is 4.92 Å². The summed E-state index contributed by atoms with van der Waals surface area (Å²) in [7, 11) is 0.